The average molecular weight is 839 g/mol. The molecule has 5 aromatic carbocycles. The largest absolute Gasteiger partial charge is 0.407 e. The maximum Gasteiger partial charge on any atom is 0.261 e. The van der Waals surface area contributed by atoms with Crippen LogP contribution in [-0.2, 0) is 24.9 Å². The van der Waals surface area contributed by atoms with E-state index in [4.69, 9.17) is 18.3 Å². The summed E-state index contributed by atoms with van der Waals surface area (Å²) in [6.45, 7) is 23.1. The fourth-order valence-electron chi connectivity index (χ4n) is 9.47. The van der Waals surface area contributed by atoms with Crippen molar-refractivity contribution in [2.24, 2.45) is 5.92 Å². The highest BCUT2D eigenvalue weighted by atomic mass is 28.4. The van der Waals surface area contributed by atoms with Crippen LogP contribution in [0.4, 0.5) is 0 Å². The molecule has 6 heteroatoms. The fraction of sp³-hybridized carbons (Fsp3) is 0.407. The van der Waals surface area contributed by atoms with Gasteiger partial charge in [-0.05, 0) is 86.4 Å². The molecule has 0 N–H and O–H groups in total. The molecule has 1 fully saturated rings. The van der Waals surface area contributed by atoms with E-state index in [0.29, 0.717) is 13.2 Å². The van der Waals surface area contributed by atoms with Gasteiger partial charge in [0, 0.05) is 19.3 Å². The van der Waals surface area contributed by atoms with E-state index in [-0.39, 0.29) is 34.3 Å². The quantitative estimate of drug-likeness (QED) is 0.0445. The van der Waals surface area contributed by atoms with Crippen molar-refractivity contribution in [1.29, 1.82) is 0 Å². The van der Waals surface area contributed by atoms with Crippen LogP contribution in [0.3, 0.4) is 0 Å². The van der Waals surface area contributed by atoms with Gasteiger partial charge < -0.3 is 18.3 Å². The van der Waals surface area contributed by atoms with Crippen LogP contribution in [0.15, 0.2) is 164 Å². The van der Waals surface area contributed by atoms with Gasteiger partial charge in [-0.3, -0.25) is 0 Å². The van der Waals surface area contributed by atoms with Crippen molar-refractivity contribution >= 4 is 37.4 Å². The molecule has 1 heterocycles. The molecule has 0 radical (unpaired) electrons. The van der Waals surface area contributed by atoms with Crippen LogP contribution < -0.4 is 20.7 Å². The maximum atomic E-state index is 7.96. The Morgan fingerprint density at radius 2 is 1.08 bits per heavy atom. The highest BCUT2D eigenvalue weighted by Gasteiger charge is 2.52. The number of ether oxygens (including phenoxy) is 2. The van der Waals surface area contributed by atoms with Crippen molar-refractivity contribution in [2.75, 3.05) is 13.2 Å². The van der Waals surface area contributed by atoms with E-state index in [1.807, 2.05) is 6.07 Å². The first-order chi connectivity index (χ1) is 28.8. The van der Waals surface area contributed by atoms with E-state index in [0.717, 1.165) is 45.1 Å². The van der Waals surface area contributed by atoms with Gasteiger partial charge in [0.05, 0.1) is 18.8 Å². The minimum absolute atomic E-state index is 0.0177. The van der Waals surface area contributed by atoms with Gasteiger partial charge in [0.2, 0.25) is 0 Å². The van der Waals surface area contributed by atoms with E-state index in [9.17, 15) is 0 Å². The van der Waals surface area contributed by atoms with Crippen molar-refractivity contribution in [3.8, 4) is 0 Å². The Morgan fingerprint density at radius 3 is 1.55 bits per heavy atom. The molecule has 0 unspecified atom stereocenters. The molecule has 318 valence electrons. The minimum atomic E-state index is -2.84. The molecule has 1 aliphatic rings. The third-order valence-electron chi connectivity index (χ3n) is 12.4. The van der Waals surface area contributed by atoms with E-state index >= 15 is 0 Å². The predicted molar refractivity (Wildman–Crippen MR) is 257 cm³/mol. The van der Waals surface area contributed by atoms with E-state index in [1.165, 1.54) is 31.9 Å². The summed E-state index contributed by atoms with van der Waals surface area (Å²) in [5.74, 6) is 0.242. The van der Waals surface area contributed by atoms with Crippen molar-refractivity contribution in [3.05, 3.63) is 169 Å². The summed E-state index contributed by atoms with van der Waals surface area (Å²) in [5.41, 5.74) is 2.42. The fourth-order valence-corrected chi connectivity index (χ4v) is 18.9. The Labute approximate surface area is 364 Å². The number of benzene rings is 5. The van der Waals surface area contributed by atoms with Crippen LogP contribution in [0.5, 0.6) is 0 Å². The van der Waals surface area contributed by atoms with Gasteiger partial charge in [0.15, 0.2) is 0 Å². The predicted octanol–water partition coefficient (Wildman–Crippen LogP) is 11.0. The molecule has 0 aromatic heterocycles. The van der Waals surface area contributed by atoms with E-state index in [1.54, 1.807) is 0 Å². The van der Waals surface area contributed by atoms with Gasteiger partial charge in [-0.25, -0.2) is 0 Å². The molecule has 4 atom stereocenters. The van der Waals surface area contributed by atoms with Crippen molar-refractivity contribution < 1.29 is 18.3 Å². The molecule has 6 rings (SSSR count). The summed E-state index contributed by atoms with van der Waals surface area (Å²) in [5, 5.41) is 5.01. The molecule has 0 bridgehead atoms. The van der Waals surface area contributed by atoms with Gasteiger partial charge >= 0.3 is 0 Å². The van der Waals surface area contributed by atoms with E-state index < -0.39 is 16.6 Å². The molecule has 0 spiro atoms. The monoisotopic (exact) mass is 838 g/mol. The lowest BCUT2D eigenvalue weighted by Crippen LogP contribution is -2.68. The molecule has 0 aliphatic carbocycles. The number of hydrogen-bond acceptors (Lipinski definition) is 4. The molecule has 5 aromatic rings. The van der Waals surface area contributed by atoms with Gasteiger partial charge in [-0.15, -0.1) is 0 Å². The van der Waals surface area contributed by atoms with Gasteiger partial charge in [-0.2, -0.15) is 0 Å². The second kappa shape index (κ2) is 20.8. The Balaban J connectivity index is 1.24. The topological polar surface area (TPSA) is 36.9 Å². The molecule has 4 nitrogen and oxygen atoms in total. The lowest BCUT2D eigenvalue weighted by molar-refractivity contribution is 0.0252. The summed E-state index contributed by atoms with van der Waals surface area (Å²) in [6.07, 6.45) is 5.68. The maximum absolute atomic E-state index is 7.96. The first kappa shape index (κ1) is 45.6. The van der Waals surface area contributed by atoms with Crippen LogP contribution >= 0.6 is 0 Å². The first-order valence-corrected chi connectivity index (χ1v) is 26.1. The van der Waals surface area contributed by atoms with Crippen molar-refractivity contribution in [3.63, 3.8) is 0 Å². The molecular formula is C54H70O4Si2. The van der Waals surface area contributed by atoms with Crippen LogP contribution in [0.1, 0.15) is 92.6 Å². The Hall–Kier alpha value is -3.89. The normalized spacial score (nSPS) is 17.4. The Bertz CT molecular complexity index is 1930. The summed E-state index contributed by atoms with van der Waals surface area (Å²) in [6, 6.07) is 54.5. The van der Waals surface area contributed by atoms with Crippen LogP contribution in [0, 0.1) is 5.92 Å². The third kappa shape index (κ3) is 10.9. The van der Waals surface area contributed by atoms with E-state index in [2.05, 4.69) is 201 Å². The number of hydrogen-bond donors (Lipinski definition) is 0. The zero-order chi connectivity index (χ0) is 42.6. The van der Waals surface area contributed by atoms with Crippen LogP contribution in [-0.4, -0.2) is 48.2 Å². The lowest BCUT2D eigenvalue weighted by Gasteiger charge is -2.46. The van der Waals surface area contributed by atoms with Gasteiger partial charge in [0.1, 0.15) is 0 Å². The standard InChI is InChI=1S/C54H70O4Si2/c1-43(41-56-59(53(3,4)5,48-28-16-10-17-29-48)49-30-18-11-19-31-49)39-47(58-60(54(6,7)8,50-32-20-12-21-33-50)51-34-22-13-23-35-51)36-37-52-44(2)40-46(57-52)27-24-38-55-42-45-25-14-9-15-26-45/h9-23,25-26,28-35,43,46-47,52H,2,24,27,36-42H2,1,3-8H3/t43-,46+,47-,52+/m1/s1. The van der Waals surface area contributed by atoms with Crippen molar-refractivity contribution in [1.82, 2.24) is 0 Å². The van der Waals surface area contributed by atoms with Gasteiger partial charge in [-0.1, -0.05) is 207 Å². The minimum Gasteiger partial charge on any atom is -0.407 e. The Morgan fingerprint density at radius 1 is 0.633 bits per heavy atom. The zero-order valence-electron chi connectivity index (χ0n) is 37.4. The highest BCUT2D eigenvalue weighted by molar-refractivity contribution is 7.00. The molecule has 0 amide bonds. The summed E-state index contributed by atoms with van der Waals surface area (Å²) in [4.78, 5) is 0. The van der Waals surface area contributed by atoms with Gasteiger partial charge in [0.25, 0.3) is 16.6 Å². The van der Waals surface area contributed by atoms with Crippen LogP contribution in [0.25, 0.3) is 0 Å². The molecule has 0 saturated carbocycles. The summed E-state index contributed by atoms with van der Waals surface area (Å²) < 4.78 is 28.3. The second-order valence-electron chi connectivity index (χ2n) is 19.1. The molecule has 1 saturated heterocycles. The smallest absolute Gasteiger partial charge is 0.261 e. The molecule has 1 aliphatic heterocycles. The zero-order valence-corrected chi connectivity index (χ0v) is 39.4. The SMILES string of the molecule is C=C1C[C@H](CCCOCc2ccccc2)O[C@H]1CC[C@H](C[C@@H](C)CO[Si](c1ccccc1)(c1ccccc1)C(C)(C)C)O[Si](c1ccccc1)(c1ccccc1)C(C)(C)C. The van der Waals surface area contributed by atoms with Crippen LogP contribution in [0.2, 0.25) is 10.1 Å². The first-order valence-electron chi connectivity index (χ1n) is 22.3. The Kier molecular flexibility index (Phi) is 15.8. The third-order valence-corrected chi connectivity index (χ3v) is 22.5. The molecule has 60 heavy (non-hydrogen) atoms. The molecular weight excluding hydrogens is 769 g/mol. The number of rotatable bonds is 20. The second-order valence-corrected chi connectivity index (χ2v) is 27.6. The average Bonchev–Trinajstić information content (AvgIpc) is 3.61. The highest BCUT2D eigenvalue weighted by Crippen LogP contribution is 2.41. The summed E-state index contributed by atoms with van der Waals surface area (Å²) in [7, 11) is -5.55. The summed E-state index contributed by atoms with van der Waals surface area (Å²) >= 11 is 0. The lowest BCUT2D eigenvalue weighted by atomic mass is 9.97. The van der Waals surface area contributed by atoms with Crippen molar-refractivity contribution in [2.45, 2.75) is 122 Å².